The Balaban J connectivity index is 2.41. The topological polar surface area (TPSA) is 9.23 Å². The monoisotopic (exact) mass is 200 g/mol. The van der Waals surface area contributed by atoms with Gasteiger partial charge >= 0.3 is 0 Å². The summed E-state index contributed by atoms with van der Waals surface area (Å²) < 4.78 is 5.21. The Morgan fingerprint density at radius 2 is 2.00 bits per heavy atom. The van der Waals surface area contributed by atoms with Crippen LogP contribution < -0.4 is 4.74 Å². The molecular formula is C14H16O. The molecule has 0 spiro atoms. The molecule has 2 rings (SSSR count). The highest BCUT2D eigenvalue weighted by molar-refractivity contribution is 5.63. The van der Waals surface area contributed by atoms with E-state index in [1.54, 1.807) is 7.11 Å². The third-order valence-electron chi connectivity index (χ3n) is 2.84. The van der Waals surface area contributed by atoms with Gasteiger partial charge < -0.3 is 4.74 Å². The molecule has 1 aromatic rings. The average molecular weight is 200 g/mol. The number of allylic oxidation sites excluding steroid dienone is 3. The van der Waals surface area contributed by atoms with Gasteiger partial charge in [0.1, 0.15) is 5.75 Å². The summed E-state index contributed by atoms with van der Waals surface area (Å²) in [7, 11) is 1.70. The molecule has 15 heavy (non-hydrogen) atoms. The third-order valence-corrected chi connectivity index (χ3v) is 2.84. The van der Waals surface area contributed by atoms with Gasteiger partial charge in [-0.05, 0) is 49.1 Å². The van der Waals surface area contributed by atoms with Gasteiger partial charge in [0.25, 0.3) is 0 Å². The zero-order valence-electron chi connectivity index (χ0n) is 9.50. The molecular weight excluding hydrogens is 184 g/mol. The Hall–Kier alpha value is -1.50. The lowest BCUT2D eigenvalue weighted by atomic mass is 9.91. The smallest absolute Gasteiger partial charge is 0.119 e. The van der Waals surface area contributed by atoms with Crippen molar-refractivity contribution in [3.63, 3.8) is 0 Å². The van der Waals surface area contributed by atoms with E-state index in [1.165, 1.54) is 22.3 Å². The molecule has 0 N–H and O–H groups in total. The van der Waals surface area contributed by atoms with Crippen molar-refractivity contribution in [2.24, 2.45) is 0 Å². The number of hydrogen-bond donors (Lipinski definition) is 0. The lowest BCUT2D eigenvalue weighted by molar-refractivity contribution is 0.414. The van der Waals surface area contributed by atoms with Gasteiger partial charge in [-0.25, -0.2) is 0 Å². The molecule has 0 aromatic heterocycles. The molecule has 1 heteroatoms. The summed E-state index contributed by atoms with van der Waals surface area (Å²) in [5.74, 6) is 0.930. The van der Waals surface area contributed by atoms with Gasteiger partial charge in [-0.15, -0.1) is 0 Å². The van der Waals surface area contributed by atoms with E-state index < -0.39 is 0 Å². The van der Waals surface area contributed by atoms with Crippen LogP contribution in [0.5, 0.6) is 5.75 Å². The Bertz CT molecular complexity index is 435. The summed E-state index contributed by atoms with van der Waals surface area (Å²) in [6.07, 6.45) is 5.42. The second kappa shape index (κ2) is 3.93. The van der Waals surface area contributed by atoms with Crippen molar-refractivity contribution in [3.8, 4) is 5.75 Å². The maximum atomic E-state index is 5.21. The summed E-state index contributed by atoms with van der Waals surface area (Å²) in [6.45, 7) is 4.32. The molecule has 1 aliphatic rings. The predicted molar refractivity (Wildman–Crippen MR) is 64.1 cm³/mol. The van der Waals surface area contributed by atoms with Crippen LogP contribution in [0.4, 0.5) is 0 Å². The Morgan fingerprint density at radius 1 is 1.20 bits per heavy atom. The quantitative estimate of drug-likeness (QED) is 0.673. The molecule has 1 nitrogen and oxygen atoms in total. The van der Waals surface area contributed by atoms with Crippen LogP contribution in [0.1, 0.15) is 25.0 Å². The third kappa shape index (κ3) is 1.96. The minimum absolute atomic E-state index is 0.930. The first kappa shape index (κ1) is 10.0. The maximum Gasteiger partial charge on any atom is 0.119 e. The van der Waals surface area contributed by atoms with E-state index in [1.807, 2.05) is 6.07 Å². The maximum absolute atomic E-state index is 5.21. The van der Waals surface area contributed by atoms with Crippen LogP contribution >= 0.6 is 0 Å². The van der Waals surface area contributed by atoms with E-state index in [-0.39, 0.29) is 0 Å². The van der Waals surface area contributed by atoms with Crippen molar-refractivity contribution in [1.82, 2.24) is 0 Å². The number of benzene rings is 1. The molecule has 0 bridgehead atoms. The lowest BCUT2D eigenvalue weighted by Gasteiger charge is -2.15. The van der Waals surface area contributed by atoms with Gasteiger partial charge in [-0.2, -0.15) is 0 Å². The van der Waals surface area contributed by atoms with Gasteiger partial charge in [0.15, 0.2) is 0 Å². The average Bonchev–Trinajstić information content (AvgIpc) is 2.27. The number of ether oxygens (including phenoxy) is 1. The predicted octanol–water partition coefficient (Wildman–Crippen LogP) is 3.60. The first-order chi connectivity index (χ1) is 7.20. The summed E-state index contributed by atoms with van der Waals surface area (Å²) in [6, 6.07) is 6.27. The molecule has 1 aliphatic carbocycles. The second-order valence-corrected chi connectivity index (χ2v) is 4.10. The van der Waals surface area contributed by atoms with Crippen molar-refractivity contribution in [2.45, 2.75) is 20.3 Å². The molecule has 78 valence electrons. The Labute approximate surface area is 91.1 Å². The molecule has 0 aliphatic heterocycles. The normalized spacial score (nSPS) is 13.7. The Kier molecular flexibility index (Phi) is 2.63. The van der Waals surface area contributed by atoms with Gasteiger partial charge in [0, 0.05) is 0 Å². The molecule has 0 saturated heterocycles. The van der Waals surface area contributed by atoms with E-state index >= 15 is 0 Å². The largest absolute Gasteiger partial charge is 0.497 e. The van der Waals surface area contributed by atoms with Crippen molar-refractivity contribution in [3.05, 3.63) is 46.5 Å². The van der Waals surface area contributed by atoms with E-state index in [0.717, 1.165) is 12.2 Å². The van der Waals surface area contributed by atoms with Crippen LogP contribution in [0.2, 0.25) is 0 Å². The van der Waals surface area contributed by atoms with E-state index in [2.05, 4.69) is 38.1 Å². The number of methoxy groups -OCH3 is 1. The van der Waals surface area contributed by atoms with Crippen LogP contribution in [-0.2, 0) is 6.42 Å². The molecule has 0 atom stereocenters. The van der Waals surface area contributed by atoms with E-state index in [9.17, 15) is 0 Å². The molecule has 0 saturated carbocycles. The molecule has 0 heterocycles. The standard InChI is InChI=1S/C14H16O/c1-10(2)11-4-5-13-9-14(15-3)7-6-12(13)8-11/h4-7,9H,8H2,1-3H3. The summed E-state index contributed by atoms with van der Waals surface area (Å²) in [5, 5.41) is 0. The highest BCUT2D eigenvalue weighted by Gasteiger charge is 2.09. The van der Waals surface area contributed by atoms with E-state index in [0.29, 0.717) is 0 Å². The van der Waals surface area contributed by atoms with Crippen molar-refractivity contribution in [1.29, 1.82) is 0 Å². The lowest BCUT2D eigenvalue weighted by Crippen LogP contribution is -1.99. The molecule has 0 fully saturated rings. The van der Waals surface area contributed by atoms with Gasteiger partial charge in [0.2, 0.25) is 0 Å². The fourth-order valence-electron chi connectivity index (χ4n) is 1.81. The molecule has 0 amide bonds. The highest BCUT2D eigenvalue weighted by Crippen LogP contribution is 2.27. The molecule has 0 unspecified atom stereocenters. The summed E-state index contributed by atoms with van der Waals surface area (Å²) in [4.78, 5) is 0. The van der Waals surface area contributed by atoms with Gasteiger partial charge in [-0.3, -0.25) is 0 Å². The summed E-state index contributed by atoms with van der Waals surface area (Å²) in [5.41, 5.74) is 5.48. The SMILES string of the molecule is COc1ccc2c(c1)C=CC(=C(C)C)C2. The van der Waals surface area contributed by atoms with Gasteiger partial charge in [0.05, 0.1) is 7.11 Å². The zero-order chi connectivity index (χ0) is 10.8. The van der Waals surface area contributed by atoms with Crippen molar-refractivity contribution >= 4 is 6.08 Å². The number of hydrogen-bond acceptors (Lipinski definition) is 1. The number of fused-ring (bicyclic) bond motifs is 1. The van der Waals surface area contributed by atoms with Crippen LogP contribution in [0.25, 0.3) is 6.08 Å². The van der Waals surface area contributed by atoms with Crippen LogP contribution in [0.3, 0.4) is 0 Å². The molecule has 1 aromatic carbocycles. The fourth-order valence-corrected chi connectivity index (χ4v) is 1.81. The first-order valence-electron chi connectivity index (χ1n) is 5.22. The minimum Gasteiger partial charge on any atom is -0.497 e. The fraction of sp³-hybridized carbons (Fsp3) is 0.286. The molecule has 0 radical (unpaired) electrons. The zero-order valence-corrected chi connectivity index (χ0v) is 9.50. The summed E-state index contributed by atoms with van der Waals surface area (Å²) >= 11 is 0. The van der Waals surface area contributed by atoms with Gasteiger partial charge in [-0.1, -0.05) is 23.8 Å². The van der Waals surface area contributed by atoms with Crippen molar-refractivity contribution in [2.75, 3.05) is 7.11 Å². The van der Waals surface area contributed by atoms with Crippen LogP contribution in [-0.4, -0.2) is 7.11 Å². The van der Waals surface area contributed by atoms with Crippen LogP contribution in [0.15, 0.2) is 35.4 Å². The van der Waals surface area contributed by atoms with Crippen molar-refractivity contribution < 1.29 is 4.74 Å². The van der Waals surface area contributed by atoms with Crippen LogP contribution in [0, 0.1) is 0 Å². The highest BCUT2D eigenvalue weighted by atomic mass is 16.5. The first-order valence-corrected chi connectivity index (χ1v) is 5.22. The Morgan fingerprint density at radius 3 is 2.67 bits per heavy atom. The second-order valence-electron chi connectivity index (χ2n) is 4.10. The minimum atomic E-state index is 0.930. The van der Waals surface area contributed by atoms with E-state index in [4.69, 9.17) is 4.74 Å². The number of rotatable bonds is 1.